The van der Waals surface area contributed by atoms with E-state index in [-0.39, 0.29) is 0 Å². The number of fused-ring (bicyclic) bond motifs is 1. The summed E-state index contributed by atoms with van der Waals surface area (Å²) in [5.41, 5.74) is 1.51. The van der Waals surface area contributed by atoms with Gasteiger partial charge in [0, 0.05) is 10.1 Å². The molecule has 1 aliphatic heterocycles. The van der Waals surface area contributed by atoms with Crippen molar-refractivity contribution in [3.05, 3.63) is 29.8 Å². The van der Waals surface area contributed by atoms with Crippen LogP contribution >= 0.6 is 11.8 Å². The number of rotatable bonds is 3. The standard InChI is InChI=1S/C17H24OS/c1-12-7-8-15(9-13(12)2)18-11-16-10-14-5-3-4-6-17(14)19-16/h3-6,12-13,15-16H,7-11H2,1-2H3. The van der Waals surface area contributed by atoms with E-state index in [4.69, 9.17) is 4.74 Å². The summed E-state index contributed by atoms with van der Waals surface area (Å²) < 4.78 is 6.20. The van der Waals surface area contributed by atoms with Gasteiger partial charge in [0.25, 0.3) is 0 Å². The fourth-order valence-corrected chi connectivity index (χ4v) is 4.47. The van der Waals surface area contributed by atoms with Crippen molar-refractivity contribution in [3.8, 4) is 0 Å². The van der Waals surface area contributed by atoms with Gasteiger partial charge < -0.3 is 4.74 Å². The number of benzene rings is 1. The van der Waals surface area contributed by atoms with Crippen molar-refractivity contribution in [2.45, 2.75) is 55.8 Å². The van der Waals surface area contributed by atoms with Crippen LogP contribution in [0.25, 0.3) is 0 Å². The van der Waals surface area contributed by atoms with Gasteiger partial charge in [-0.1, -0.05) is 32.0 Å². The zero-order chi connectivity index (χ0) is 13.2. The summed E-state index contributed by atoms with van der Waals surface area (Å²) in [6.07, 6.45) is 5.54. The van der Waals surface area contributed by atoms with E-state index >= 15 is 0 Å². The van der Waals surface area contributed by atoms with Crippen molar-refractivity contribution in [1.29, 1.82) is 0 Å². The van der Waals surface area contributed by atoms with Crippen LogP contribution in [0.3, 0.4) is 0 Å². The van der Waals surface area contributed by atoms with Crippen molar-refractivity contribution < 1.29 is 4.74 Å². The maximum atomic E-state index is 6.20. The Kier molecular flexibility index (Phi) is 4.18. The second-order valence-corrected chi connectivity index (χ2v) is 7.62. The molecule has 0 bridgehead atoms. The van der Waals surface area contributed by atoms with Crippen LogP contribution in [0.5, 0.6) is 0 Å². The van der Waals surface area contributed by atoms with Gasteiger partial charge in [-0.25, -0.2) is 0 Å². The molecule has 0 spiro atoms. The number of hydrogen-bond donors (Lipinski definition) is 0. The monoisotopic (exact) mass is 276 g/mol. The highest BCUT2D eigenvalue weighted by molar-refractivity contribution is 8.00. The topological polar surface area (TPSA) is 9.23 Å². The minimum absolute atomic E-state index is 0.510. The highest BCUT2D eigenvalue weighted by Crippen LogP contribution is 2.38. The lowest BCUT2D eigenvalue weighted by Crippen LogP contribution is -2.28. The van der Waals surface area contributed by atoms with Gasteiger partial charge in [-0.2, -0.15) is 0 Å². The molecule has 0 aromatic heterocycles. The van der Waals surface area contributed by atoms with E-state index in [1.165, 1.54) is 36.1 Å². The Bertz CT molecular complexity index is 406. The molecule has 4 atom stereocenters. The largest absolute Gasteiger partial charge is 0.377 e. The molecular weight excluding hydrogens is 252 g/mol. The molecule has 3 rings (SSSR count). The Morgan fingerprint density at radius 1 is 1.16 bits per heavy atom. The van der Waals surface area contributed by atoms with Gasteiger partial charge in [0.05, 0.1) is 12.7 Å². The van der Waals surface area contributed by atoms with Crippen LogP contribution in [0.4, 0.5) is 0 Å². The Labute approximate surface area is 121 Å². The summed E-state index contributed by atoms with van der Waals surface area (Å²) in [6, 6.07) is 8.78. The third-order valence-corrected chi connectivity index (χ3v) is 6.07. The van der Waals surface area contributed by atoms with Crippen LogP contribution in [0, 0.1) is 11.8 Å². The predicted octanol–water partition coefficient (Wildman–Crippen LogP) is 4.54. The van der Waals surface area contributed by atoms with Gasteiger partial charge in [0.1, 0.15) is 0 Å². The first-order valence-electron chi connectivity index (χ1n) is 7.58. The van der Waals surface area contributed by atoms with E-state index in [0.717, 1.165) is 18.4 Å². The lowest BCUT2D eigenvalue weighted by Gasteiger charge is -2.32. The average Bonchev–Trinajstić information content (AvgIpc) is 2.83. The van der Waals surface area contributed by atoms with Crippen molar-refractivity contribution in [1.82, 2.24) is 0 Å². The molecule has 19 heavy (non-hydrogen) atoms. The molecule has 104 valence electrons. The third-order valence-electron chi connectivity index (χ3n) is 4.78. The van der Waals surface area contributed by atoms with Crippen LogP contribution < -0.4 is 0 Å². The zero-order valence-electron chi connectivity index (χ0n) is 12.0. The van der Waals surface area contributed by atoms with Gasteiger partial charge >= 0.3 is 0 Å². The fraction of sp³-hybridized carbons (Fsp3) is 0.647. The summed E-state index contributed by atoms with van der Waals surface area (Å²) in [5, 5.41) is 0.632. The summed E-state index contributed by atoms with van der Waals surface area (Å²) >= 11 is 2.00. The SMILES string of the molecule is CC1CCC(OCC2Cc3ccccc3S2)CC1C. The average molecular weight is 276 g/mol. The quantitative estimate of drug-likeness (QED) is 0.801. The first kappa shape index (κ1) is 13.5. The van der Waals surface area contributed by atoms with Crippen LogP contribution in [0.2, 0.25) is 0 Å². The molecule has 1 heterocycles. The molecule has 4 unspecified atom stereocenters. The summed E-state index contributed by atoms with van der Waals surface area (Å²) in [7, 11) is 0. The summed E-state index contributed by atoms with van der Waals surface area (Å²) in [5.74, 6) is 1.71. The van der Waals surface area contributed by atoms with Gasteiger partial charge in [-0.15, -0.1) is 11.8 Å². The highest BCUT2D eigenvalue weighted by atomic mass is 32.2. The lowest BCUT2D eigenvalue weighted by atomic mass is 9.80. The molecule has 0 N–H and O–H groups in total. The molecule has 1 nitrogen and oxygen atoms in total. The molecule has 1 aliphatic carbocycles. The Hall–Kier alpha value is -0.470. The second-order valence-electron chi connectivity index (χ2n) is 6.27. The predicted molar refractivity (Wildman–Crippen MR) is 81.7 cm³/mol. The second kappa shape index (κ2) is 5.88. The van der Waals surface area contributed by atoms with Crippen molar-refractivity contribution in [2.75, 3.05) is 6.61 Å². The van der Waals surface area contributed by atoms with E-state index in [2.05, 4.69) is 38.1 Å². The number of hydrogen-bond acceptors (Lipinski definition) is 2. The molecule has 1 saturated carbocycles. The fourth-order valence-electron chi connectivity index (χ4n) is 3.24. The molecule has 2 heteroatoms. The van der Waals surface area contributed by atoms with Gasteiger partial charge in [-0.3, -0.25) is 0 Å². The Balaban J connectivity index is 1.47. The van der Waals surface area contributed by atoms with E-state index < -0.39 is 0 Å². The summed E-state index contributed by atoms with van der Waals surface area (Å²) in [6.45, 7) is 5.68. The van der Waals surface area contributed by atoms with Gasteiger partial charge in [0.2, 0.25) is 0 Å². The molecule has 1 aromatic carbocycles. The van der Waals surface area contributed by atoms with E-state index in [1.54, 1.807) is 0 Å². The Morgan fingerprint density at radius 3 is 2.79 bits per heavy atom. The van der Waals surface area contributed by atoms with E-state index in [9.17, 15) is 0 Å². The molecule has 0 saturated heterocycles. The van der Waals surface area contributed by atoms with Crippen molar-refractivity contribution in [3.63, 3.8) is 0 Å². The molecule has 2 aliphatic rings. The van der Waals surface area contributed by atoms with E-state index in [0.29, 0.717) is 11.4 Å². The smallest absolute Gasteiger partial charge is 0.0595 e. The normalized spacial score (nSPS) is 34.2. The molecule has 0 radical (unpaired) electrons. The van der Waals surface area contributed by atoms with Crippen molar-refractivity contribution >= 4 is 11.8 Å². The van der Waals surface area contributed by atoms with Crippen LogP contribution in [-0.4, -0.2) is 18.0 Å². The van der Waals surface area contributed by atoms with E-state index in [1.807, 2.05) is 11.8 Å². The zero-order valence-corrected chi connectivity index (χ0v) is 12.8. The Morgan fingerprint density at radius 2 is 2.00 bits per heavy atom. The van der Waals surface area contributed by atoms with Crippen LogP contribution in [0.15, 0.2) is 29.2 Å². The van der Waals surface area contributed by atoms with Crippen LogP contribution in [0.1, 0.15) is 38.7 Å². The third kappa shape index (κ3) is 3.17. The summed E-state index contributed by atoms with van der Waals surface area (Å²) in [4.78, 5) is 1.46. The first-order valence-corrected chi connectivity index (χ1v) is 8.46. The molecule has 1 fully saturated rings. The molecule has 1 aromatic rings. The minimum atomic E-state index is 0.510. The number of thioether (sulfide) groups is 1. The first-order chi connectivity index (χ1) is 9.22. The number of ether oxygens (including phenoxy) is 1. The highest BCUT2D eigenvalue weighted by Gasteiger charge is 2.27. The maximum Gasteiger partial charge on any atom is 0.0595 e. The van der Waals surface area contributed by atoms with Crippen LogP contribution in [-0.2, 0) is 11.2 Å². The molecular formula is C17H24OS. The molecule has 0 amide bonds. The minimum Gasteiger partial charge on any atom is -0.377 e. The van der Waals surface area contributed by atoms with Gasteiger partial charge in [0.15, 0.2) is 0 Å². The van der Waals surface area contributed by atoms with Crippen molar-refractivity contribution in [2.24, 2.45) is 11.8 Å². The van der Waals surface area contributed by atoms with Gasteiger partial charge in [-0.05, 0) is 49.1 Å². The lowest BCUT2D eigenvalue weighted by molar-refractivity contribution is 0.00374. The maximum absolute atomic E-state index is 6.20.